The van der Waals surface area contributed by atoms with E-state index in [1.807, 2.05) is 0 Å². The first kappa shape index (κ1) is 28.8. The third-order valence-electron chi connectivity index (χ3n) is 10.5. The van der Waals surface area contributed by atoms with Gasteiger partial charge in [0, 0.05) is 49.0 Å². The molecule has 4 aliphatic rings. The molecule has 7 rings (SSSR count). The summed E-state index contributed by atoms with van der Waals surface area (Å²) in [4.78, 5) is 33.5. The van der Waals surface area contributed by atoms with Gasteiger partial charge in [0.25, 0.3) is 0 Å². The summed E-state index contributed by atoms with van der Waals surface area (Å²) < 4.78 is 1.10. The highest BCUT2D eigenvalue weighted by Gasteiger charge is 2.49. The molecule has 2 atom stereocenters. The van der Waals surface area contributed by atoms with Crippen LogP contribution in [0.5, 0.6) is 0 Å². The van der Waals surface area contributed by atoms with Crippen LogP contribution in [0, 0.1) is 17.3 Å². The van der Waals surface area contributed by atoms with Crippen molar-refractivity contribution in [3.05, 3.63) is 106 Å². The Balaban J connectivity index is 0.937. The van der Waals surface area contributed by atoms with E-state index >= 15 is 0 Å². The van der Waals surface area contributed by atoms with E-state index in [1.54, 1.807) is 0 Å². The lowest BCUT2D eigenvalue weighted by molar-refractivity contribution is -0.139. The fourth-order valence-electron chi connectivity index (χ4n) is 7.73. The van der Waals surface area contributed by atoms with Gasteiger partial charge in [-0.15, -0.1) is 0 Å². The van der Waals surface area contributed by atoms with Crippen molar-refractivity contribution in [2.45, 2.75) is 51.0 Å². The normalized spacial score (nSPS) is 23.8. The van der Waals surface area contributed by atoms with E-state index in [4.69, 9.17) is 0 Å². The molecule has 3 saturated heterocycles. The van der Waals surface area contributed by atoms with Gasteiger partial charge in [-0.25, -0.2) is 0 Å². The number of carbonyl (C=O) groups is 2. The third kappa shape index (κ3) is 6.32. The second-order valence-electron chi connectivity index (χ2n) is 13.5. The van der Waals surface area contributed by atoms with Crippen molar-refractivity contribution < 1.29 is 9.59 Å². The van der Waals surface area contributed by atoms with Gasteiger partial charge in [-0.2, -0.15) is 0 Å². The fraction of sp³-hybridized carbons (Fsp3) is 0.459. The first-order valence-corrected chi connectivity index (χ1v) is 16.9. The molecule has 5 nitrogen and oxygen atoms in total. The second kappa shape index (κ2) is 12.2. The Morgan fingerprint density at radius 3 is 2.09 bits per heavy atom. The lowest BCUT2D eigenvalue weighted by Gasteiger charge is -2.39. The Labute approximate surface area is 264 Å². The highest BCUT2D eigenvalue weighted by atomic mass is 79.9. The van der Waals surface area contributed by atoms with Gasteiger partial charge < -0.3 is 14.7 Å². The van der Waals surface area contributed by atoms with Crippen molar-refractivity contribution in [1.29, 1.82) is 0 Å². The minimum absolute atomic E-state index is 0.194. The van der Waals surface area contributed by atoms with Crippen molar-refractivity contribution in [1.82, 2.24) is 14.7 Å². The first-order valence-electron chi connectivity index (χ1n) is 16.1. The summed E-state index contributed by atoms with van der Waals surface area (Å²) >= 11 is 3.51. The molecule has 43 heavy (non-hydrogen) atoms. The van der Waals surface area contributed by atoms with E-state index in [0.717, 1.165) is 82.3 Å². The number of likely N-dealkylation sites (tertiary alicyclic amines) is 3. The molecular weight excluding hydrogens is 598 g/mol. The highest BCUT2D eigenvalue weighted by Crippen LogP contribution is 2.43. The highest BCUT2D eigenvalue weighted by molar-refractivity contribution is 9.10. The van der Waals surface area contributed by atoms with Gasteiger partial charge in [0.05, 0.1) is 5.41 Å². The van der Waals surface area contributed by atoms with Crippen LogP contribution in [0.3, 0.4) is 0 Å². The monoisotopic (exact) mass is 639 g/mol. The van der Waals surface area contributed by atoms with Crippen molar-refractivity contribution in [3.8, 4) is 0 Å². The van der Waals surface area contributed by atoms with Crippen LogP contribution < -0.4 is 0 Å². The Morgan fingerprint density at radius 1 is 0.791 bits per heavy atom. The average Bonchev–Trinajstić information content (AvgIpc) is 3.75. The van der Waals surface area contributed by atoms with Gasteiger partial charge in [-0.05, 0) is 91.9 Å². The Kier molecular flexibility index (Phi) is 8.17. The number of piperidine rings is 1. The maximum absolute atomic E-state index is 13.8. The molecule has 4 fully saturated rings. The van der Waals surface area contributed by atoms with Gasteiger partial charge >= 0.3 is 0 Å². The third-order valence-corrected chi connectivity index (χ3v) is 11.1. The van der Waals surface area contributed by atoms with Crippen LogP contribution in [0.15, 0.2) is 83.3 Å². The summed E-state index contributed by atoms with van der Waals surface area (Å²) in [7, 11) is 0. The van der Waals surface area contributed by atoms with Gasteiger partial charge in [0.2, 0.25) is 11.8 Å². The molecule has 3 heterocycles. The fourth-order valence-corrected chi connectivity index (χ4v) is 7.99. The Morgan fingerprint density at radius 2 is 1.42 bits per heavy atom. The minimum Gasteiger partial charge on any atom is -0.341 e. The molecule has 0 aromatic heterocycles. The standard InChI is InChI=1S/C37H42BrN3O2/c38-33-14-10-28(11-15-33)22-27-6-8-29(9-7-27)23-40-21-18-37(36(40)43)16-19-39(20-17-37)24-32-25-41(35(42)31-12-13-31)26-34(32)30-4-2-1-3-5-30/h1-11,14-15,31-32,34H,12-13,16-26H2/t32-,34+/m0/s1. The molecule has 1 saturated carbocycles. The van der Waals surface area contributed by atoms with Gasteiger partial charge in [0.15, 0.2) is 0 Å². The zero-order chi connectivity index (χ0) is 29.4. The van der Waals surface area contributed by atoms with Crippen molar-refractivity contribution in [2.24, 2.45) is 17.3 Å². The van der Waals surface area contributed by atoms with E-state index in [0.29, 0.717) is 30.2 Å². The number of halogens is 1. The molecule has 0 N–H and O–H groups in total. The predicted molar refractivity (Wildman–Crippen MR) is 174 cm³/mol. The van der Waals surface area contributed by atoms with E-state index in [2.05, 4.69) is 109 Å². The van der Waals surface area contributed by atoms with Gasteiger partial charge in [-0.1, -0.05) is 82.7 Å². The van der Waals surface area contributed by atoms with E-state index < -0.39 is 0 Å². The number of amides is 2. The molecule has 3 aromatic rings. The summed E-state index contributed by atoms with van der Waals surface area (Å²) in [6, 6.07) is 28.1. The number of nitrogens with zero attached hydrogens (tertiary/aromatic N) is 3. The van der Waals surface area contributed by atoms with Crippen LogP contribution in [-0.2, 0) is 22.6 Å². The lowest BCUT2D eigenvalue weighted by Crippen LogP contribution is -2.46. The molecule has 1 aliphatic carbocycles. The van der Waals surface area contributed by atoms with Crippen LogP contribution >= 0.6 is 15.9 Å². The molecule has 6 heteroatoms. The quantitative estimate of drug-likeness (QED) is 0.282. The van der Waals surface area contributed by atoms with Crippen molar-refractivity contribution in [2.75, 3.05) is 39.3 Å². The summed E-state index contributed by atoms with van der Waals surface area (Å²) in [5.74, 6) is 1.84. The summed E-state index contributed by atoms with van der Waals surface area (Å²) in [6.07, 6.45) is 5.91. The summed E-state index contributed by atoms with van der Waals surface area (Å²) in [6.45, 7) is 6.23. The molecule has 3 aromatic carbocycles. The van der Waals surface area contributed by atoms with Crippen LogP contribution in [0.25, 0.3) is 0 Å². The smallest absolute Gasteiger partial charge is 0.229 e. The minimum atomic E-state index is -0.194. The maximum atomic E-state index is 13.8. The lowest BCUT2D eigenvalue weighted by atomic mass is 9.76. The zero-order valence-electron chi connectivity index (χ0n) is 25.0. The Bertz CT molecular complexity index is 1430. The largest absolute Gasteiger partial charge is 0.341 e. The van der Waals surface area contributed by atoms with Gasteiger partial charge in [0.1, 0.15) is 0 Å². The van der Waals surface area contributed by atoms with E-state index in [9.17, 15) is 9.59 Å². The second-order valence-corrected chi connectivity index (χ2v) is 14.4. The zero-order valence-corrected chi connectivity index (χ0v) is 26.6. The molecule has 224 valence electrons. The van der Waals surface area contributed by atoms with E-state index in [1.165, 1.54) is 22.3 Å². The van der Waals surface area contributed by atoms with Crippen molar-refractivity contribution >= 4 is 27.7 Å². The molecule has 2 amide bonds. The average molecular weight is 641 g/mol. The molecule has 0 radical (unpaired) electrons. The molecular formula is C37H42BrN3O2. The van der Waals surface area contributed by atoms with Crippen LogP contribution in [0.1, 0.15) is 60.3 Å². The topological polar surface area (TPSA) is 43.9 Å². The molecule has 1 spiro atoms. The van der Waals surface area contributed by atoms with Crippen LogP contribution in [0.2, 0.25) is 0 Å². The first-order chi connectivity index (χ1) is 21.0. The molecule has 0 unspecified atom stereocenters. The summed E-state index contributed by atoms with van der Waals surface area (Å²) in [5, 5.41) is 0. The van der Waals surface area contributed by atoms with E-state index in [-0.39, 0.29) is 11.3 Å². The van der Waals surface area contributed by atoms with Crippen molar-refractivity contribution in [3.63, 3.8) is 0 Å². The number of hydrogen-bond acceptors (Lipinski definition) is 3. The molecule has 3 aliphatic heterocycles. The Hall–Kier alpha value is -2.96. The number of rotatable bonds is 8. The maximum Gasteiger partial charge on any atom is 0.229 e. The SMILES string of the molecule is O=C(C1CC1)N1C[C@H](CN2CCC3(CC2)CCN(Cc2ccc(Cc4ccc(Br)cc4)cc2)C3=O)[C@@H](c2ccccc2)C1. The number of hydrogen-bond donors (Lipinski definition) is 0. The van der Waals surface area contributed by atoms with Crippen LogP contribution in [-0.4, -0.2) is 65.8 Å². The van der Waals surface area contributed by atoms with Crippen LogP contribution in [0.4, 0.5) is 0 Å². The predicted octanol–water partition coefficient (Wildman–Crippen LogP) is 6.51. The van der Waals surface area contributed by atoms with Gasteiger partial charge in [-0.3, -0.25) is 9.59 Å². The number of carbonyl (C=O) groups excluding carboxylic acids is 2. The number of benzene rings is 3. The summed E-state index contributed by atoms with van der Waals surface area (Å²) in [5.41, 5.74) is 4.96. The molecule has 0 bridgehead atoms.